The van der Waals surface area contributed by atoms with Gasteiger partial charge in [-0.3, -0.25) is 19.4 Å². The summed E-state index contributed by atoms with van der Waals surface area (Å²) < 4.78 is 4.64. The minimum atomic E-state index is -0.644. The summed E-state index contributed by atoms with van der Waals surface area (Å²) >= 11 is 0. The normalized spacial score (nSPS) is 18.1. The Hall–Kier alpha value is -2.38. The van der Waals surface area contributed by atoms with E-state index < -0.39 is 11.2 Å². The van der Waals surface area contributed by atoms with Gasteiger partial charge in [-0.2, -0.15) is 0 Å². The summed E-state index contributed by atoms with van der Waals surface area (Å²) in [5, 5.41) is 0. The average molecular weight is 281 g/mol. The minimum Gasteiger partial charge on any atom is -0.469 e. The molecule has 20 heavy (non-hydrogen) atoms. The molecule has 1 unspecified atom stereocenters. The van der Waals surface area contributed by atoms with Crippen molar-refractivity contribution in [3.8, 4) is 0 Å². The Morgan fingerprint density at radius 3 is 2.80 bits per heavy atom. The molecule has 0 saturated carbocycles. The summed E-state index contributed by atoms with van der Waals surface area (Å²) in [6.07, 6.45) is 0.483. The van der Waals surface area contributed by atoms with Crippen molar-refractivity contribution >= 4 is 11.9 Å². The van der Waals surface area contributed by atoms with Crippen molar-refractivity contribution in [2.75, 3.05) is 20.2 Å². The van der Waals surface area contributed by atoms with Crippen molar-refractivity contribution in [1.29, 1.82) is 0 Å². The maximum Gasteiger partial charge on any atom is 0.325 e. The first kappa shape index (κ1) is 14.0. The monoisotopic (exact) mass is 281 g/mol. The standard InChI is InChI=1S/C12H15N3O5/c1-20-11(18)7-2-3-15(6-7)10(17)5-8-4-9(16)14-12(19)13-8/h4,7H,2-3,5-6H2,1H3,(H2,13,14,16,19). The van der Waals surface area contributed by atoms with Crippen LogP contribution in [0.4, 0.5) is 0 Å². The molecule has 1 aromatic heterocycles. The first-order chi connectivity index (χ1) is 9.49. The summed E-state index contributed by atoms with van der Waals surface area (Å²) in [6.45, 7) is 0.769. The van der Waals surface area contributed by atoms with Gasteiger partial charge in [0.05, 0.1) is 19.4 Å². The van der Waals surface area contributed by atoms with Gasteiger partial charge in [0, 0.05) is 24.8 Å². The Morgan fingerprint density at radius 1 is 1.40 bits per heavy atom. The SMILES string of the molecule is COC(=O)C1CCN(C(=O)Cc2cc(=O)[nH]c(=O)[nH]2)C1. The lowest BCUT2D eigenvalue weighted by Gasteiger charge is -2.15. The van der Waals surface area contributed by atoms with Gasteiger partial charge in [-0.1, -0.05) is 0 Å². The van der Waals surface area contributed by atoms with Crippen LogP contribution in [-0.4, -0.2) is 46.9 Å². The number of carbonyl (C=O) groups excluding carboxylic acids is 2. The molecule has 1 saturated heterocycles. The maximum atomic E-state index is 12.0. The number of H-pyrrole nitrogens is 2. The van der Waals surface area contributed by atoms with Crippen molar-refractivity contribution in [3.63, 3.8) is 0 Å². The van der Waals surface area contributed by atoms with Crippen molar-refractivity contribution in [2.45, 2.75) is 12.8 Å². The van der Waals surface area contributed by atoms with E-state index in [2.05, 4.69) is 9.72 Å². The van der Waals surface area contributed by atoms with E-state index in [1.165, 1.54) is 18.1 Å². The summed E-state index contributed by atoms with van der Waals surface area (Å²) in [7, 11) is 1.31. The highest BCUT2D eigenvalue weighted by molar-refractivity contribution is 5.80. The second-order valence-electron chi connectivity index (χ2n) is 4.64. The molecular formula is C12H15N3O5. The van der Waals surface area contributed by atoms with E-state index in [0.29, 0.717) is 19.5 Å². The molecule has 0 radical (unpaired) electrons. The number of aromatic nitrogens is 2. The number of rotatable bonds is 3. The summed E-state index contributed by atoms with van der Waals surface area (Å²) in [6, 6.07) is 1.17. The number of amides is 1. The zero-order valence-electron chi connectivity index (χ0n) is 11.0. The third-order valence-electron chi connectivity index (χ3n) is 3.23. The Labute approximate surface area is 113 Å². The maximum absolute atomic E-state index is 12.0. The van der Waals surface area contributed by atoms with Crippen LogP contribution < -0.4 is 11.2 Å². The first-order valence-electron chi connectivity index (χ1n) is 6.17. The molecule has 0 aromatic carbocycles. The van der Waals surface area contributed by atoms with Crippen LogP contribution in [0.2, 0.25) is 0 Å². The third kappa shape index (κ3) is 3.14. The minimum absolute atomic E-state index is 0.0763. The van der Waals surface area contributed by atoms with Gasteiger partial charge in [0.15, 0.2) is 0 Å². The molecule has 1 aromatic rings. The molecule has 1 amide bonds. The van der Waals surface area contributed by atoms with Gasteiger partial charge in [-0.05, 0) is 6.42 Å². The van der Waals surface area contributed by atoms with Crippen LogP contribution in [0.25, 0.3) is 0 Å². The topological polar surface area (TPSA) is 112 Å². The predicted molar refractivity (Wildman–Crippen MR) is 68.1 cm³/mol. The van der Waals surface area contributed by atoms with Gasteiger partial charge >= 0.3 is 11.7 Å². The van der Waals surface area contributed by atoms with Crippen LogP contribution in [0.3, 0.4) is 0 Å². The van der Waals surface area contributed by atoms with Gasteiger partial charge in [0.1, 0.15) is 0 Å². The van der Waals surface area contributed by atoms with Crippen LogP contribution in [0.15, 0.2) is 15.7 Å². The van der Waals surface area contributed by atoms with Crippen molar-refractivity contribution in [3.05, 3.63) is 32.6 Å². The number of ether oxygens (including phenoxy) is 1. The average Bonchev–Trinajstić information content (AvgIpc) is 2.86. The number of methoxy groups -OCH3 is 1. The van der Waals surface area contributed by atoms with E-state index in [1.54, 1.807) is 0 Å². The molecule has 2 heterocycles. The molecule has 8 nitrogen and oxygen atoms in total. The fourth-order valence-corrected chi connectivity index (χ4v) is 2.24. The van der Waals surface area contributed by atoms with Crippen LogP contribution in [0.1, 0.15) is 12.1 Å². The van der Waals surface area contributed by atoms with E-state index >= 15 is 0 Å². The zero-order valence-corrected chi connectivity index (χ0v) is 11.0. The highest BCUT2D eigenvalue weighted by atomic mass is 16.5. The Balaban J connectivity index is 2.01. The molecule has 0 spiro atoms. The van der Waals surface area contributed by atoms with Crippen LogP contribution >= 0.6 is 0 Å². The highest BCUT2D eigenvalue weighted by Crippen LogP contribution is 2.18. The number of likely N-dealkylation sites (tertiary alicyclic amines) is 1. The molecule has 0 bridgehead atoms. The van der Waals surface area contributed by atoms with Gasteiger partial charge < -0.3 is 14.6 Å². The fraction of sp³-hybridized carbons (Fsp3) is 0.500. The predicted octanol–water partition coefficient (Wildman–Crippen LogP) is -1.37. The second kappa shape index (κ2) is 5.72. The van der Waals surface area contributed by atoms with Gasteiger partial charge in [-0.15, -0.1) is 0 Å². The molecule has 1 aliphatic heterocycles. The third-order valence-corrected chi connectivity index (χ3v) is 3.23. The van der Waals surface area contributed by atoms with E-state index in [4.69, 9.17) is 0 Å². The Kier molecular flexibility index (Phi) is 4.02. The van der Waals surface area contributed by atoms with Gasteiger partial charge in [0.25, 0.3) is 5.56 Å². The zero-order chi connectivity index (χ0) is 14.7. The first-order valence-corrected chi connectivity index (χ1v) is 6.17. The largest absolute Gasteiger partial charge is 0.469 e. The quantitative estimate of drug-likeness (QED) is 0.664. The van der Waals surface area contributed by atoms with Crippen molar-refractivity contribution in [1.82, 2.24) is 14.9 Å². The molecule has 0 aliphatic carbocycles. The van der Waals surface area contributed by atoms with Crippen molar-refractivity contribution in [2.24, 2.45) is 5.92 Å². The Morgan fingerprint density at radius 2 is 2.15 bits per heavy atom. The molecule has 1 fully saturated rings. The van der Waals surface area contributed by atoms with E-state index in [0.717, 1.165) is 0 Å². The lowest BCUT2D eigenvalue weighted by molar-refractivity contribution is -0.145. The van der Waals surface area contributed by atoms with Crippen LogP contribution in [0, 0.1) is 5.92 Å². The molecule has 8 heteroatoms. The lowest BCUT2D eigenvalue weighted by Crippen LogP contribution is -2.33. The Bertz CT molecular complexity index is 604. The molecule has 2 N–H and O–H groups in total. The number of hydrogen-bond acceptors (Lipinski definition) is 5. The lowest BCUT2D eigenvalue weighted by atomic mass is 10.1. The molecule has 2 rings (SSSR count). The number of carbonyl (C=O) groups is 2. The van der Waals surface area contributed by atoms with Gasteiger partial charge in [-0.25, -0.2) is 4.79 Å². The molecule has 108 valence electrons. The number of hydrogen-bond donors (Lipinski definition) is 2. The van der Waals surface area contributed by atoms with E-state index in [-0.39, 0.29) is 29.9 Å². The second-order valence-corrected chi connectivity index (χ2v) is 4.64. The highest BCUT2D eigenvalue weighted by Gasteiger charge is 2.31. The smallest absolute Gasteiger partial charge is 0.325 e. The number of aromatic amines is 2. The molecule has 1 atom stereocenters. The molecule has 1 aliphatic rings. The summed E-state index contributed by atoms with van der Waals surface area (Å²) in [4.78, 5) is 51.6. The van der Waals surface area contributed by atoms with Crippen LogP contribution in [-0.2, 0) is 20.7 Å². The number of esters is 1. The summed E-state index contributed by atoms with van der Waals surface area (Å²) in [5.74, 6) is -0.871. The number of nitrogens with one attached hydrogen (secondary N) is 2. The summed E-state index contributed by atoms with van der Waals surface area (Å²) in [5.41, 5.74) is -0.940. The molecular weight excluding hydrogens is 266 g/mol. The van der Waals surface area contributed by atoms with Gasteiger partial charge in [0.2, 0.25) is 5.91 Å². The number of nitrogens with zero attached hydrogens (tertiary/aromatic N) is 1. The van der Waals surface area contributed by atoms with E-state index in [9.17, 15) is 19.2 Å². The van der Waals surface area contributed by atoms with E-state index in [1.807, 2.05) is 4.98 Å². The fourth-order valence-electron chi connectivity index (χ4n) is 2.24. The van der Waals surface area contributed by atoms with Crippen molar-refractivity contribution < 1.29 is 14.3 Å². The van der Waals surface area contributed by atoms with Crippen LogP contribution in [0.5, 0.6) is 0 Å².